The molecule has 0 radical (unpaired) electrons. The maximum absolute atomic E-state index is 10.5. The molecule has 0 bridgehead atoms. The van der Waals surface area contributed by atoms with Crippen LogP contribution in [0, 0.1) is 10.1 Å². The van der Waals surface area contributed by atoms with Crippen LogP contribution >= 0.6 is 11.6 Å². The lowest BCUT2D eigenvalue weighted by Crippen LogP contribution is -2.17. The molecule has 17 heavy (non-hydrogen) atoms. The van der Waals surface area contributed by atoms with E-state index in [0.717, 1.165) is 6.42 Å². The van der Waals surface area contributed by atoms with Crippen molar-refractivity contribution in [2.45, 2.75) is 19.4 Å². The van der Waals surface area contributed by atoms with Crippen molar-refractivity contribution < 1.29 is 9.66 Å². The number of rotatable bonds is 6. The molecule has 0 aromatic heterocycles. The van der Waals surface area contributed by atoms with Crippen LogP contribution in [0.5, 0.6) is 0 Å². The Bertz CT molecular complexity index is 398. The summed E-state index contributed by atoms with van der Waals surface area (Å²) in [6.07, 6.45) is 0.837. The van der Waals surface area contributed by atoms with Gasteiger partial charge in [-0.3, -0.25) is 10.1 Å². The quantitative estimate of drug-likeness (QED) is 0.629. The molecule has 0 aliphatic heterocycles. The standard InChI is InChI=1S/C11H15ClN2O3/c1-8(5-6-17-2)13-11-4-3-9(14(15)16)7-10(11)12/h3-4,7-8,13H,5-6H2,1-2H3. The van der Waals surface area contributed by atoms with E-state index in [0.29, 0.717) is 17.3 Å². The summed E-state index contributed by atoms with van der Waals surface area (Å²) in [6.45, 7) is 2.65. The Labute approximate surface area is 105 Å². The molecule has 0 amide bonds. The SMILES string of the molecule is COCCC(C)Nc1ccc([N+](=O)[O-])cc1Cl. The maximum Gasteiger partial charge on any atom is 0.271 e. The largest absolute Gasteiger partial charge is 0.385 e. The Morgan fingerprint density at radius 1 is 1.59 bits per heavy atom. The Morgan fingerprint density at radius 3 is 2.82 bits per heavy atom. The van der Waals surface area contributed by atoms with E-state index in [1.807, 2.05) is 6.92 Å². The van der Waals surface area contributed by atoms with E-state index >= 15 is 0 Å². The minimum absolute atomic E-state index is 0.00917. The van der Waals surface area contributed by atoms with Gasteiger partial charge in [0.25, 0.3) is 5.69 Å². The summed E-state index contributed by atoms with van der Waals surface area (Å²) < 4.78 is 4.97. The predicted molar refractivity (Wildman–Crippen MR) is 67.7 cm³/mol. The van der Waals surface area contributed by atoms with Crippen LogP contribution < -0.4 is 5.32 Å². The third kappa shape index (κ3) is 4.20. The summed E-state index contributed by atoms with van der Waals surface area (Å²) >= 11 is 5.95. The highest BCUT2D eigenvalue weighted by Gasteiger charge is 2.10. The molecule has 0 saturated carbocycles. The number of hydrogen-bond donors (Lipinski definition) is 1. The zero-order valence-corrected chi connectivity index (χ0v) is 10.5. The molecule has 1 unspecified atom stereocenters. The third-order valence-electron chi connectivity index (χ3n) is 2.32. The van der Waals surface area contributed by atoms with E-state index in [2.05, 4.69) is 5.32 Å². The highest BCUT2D eigenvalue weighted by molar-refractivity contribution is 6.33. The van der Waals surface area contributed by atoms with Gasteiger partial charge in [-0.2, -0.15) is 0 Å². The lowest BCUT2D eigenvalue weighted by molar-refractivity contribution is -0.384. The summed E-state index contributed by atoms with van der Waals surface area (Å²) in [5, 5.41) is 14.1. The number of methoxy groups -OCH3 is 1. The number of halogens is 1. The average molecular weight is 259 g/mol. The van der Waals surface area contributed by atoms with Crippen molar-refractivity contribution in [2.24, 2.45) is 0 Å². The van der Waals surface area contributed by atoms with E-state index in [1.165, 1.54) is 12.1 Å². The Balaban J connectivity index is 2.69. The van der Waals surface area contributed by atoms with Crippen molar-refractivity contribution in [3.63, 3.8) is 0 Å². The monoisotopic (exact) mass is 258 g/mol. The second-order valence-corrected chi connectivity index (χ2v) is 4.16. The molecule has 0 saturated heterocycles. The molecule has 0 aliphatic rings. The molecule has 0 fully saturated rings. The van der Waals surface area contributed by atoms with Gasteiger partial charge in [0.2, 0.25) is 0 Å². The Hall–Kier alpha value is -1.33. The van der Waals surface area contributed by atoms with Gasteiger partial charge in [-0.25, -0.2) is 0 Å². The molecule has 94 valence electrons. The highest BCUT2D eigenvalue weighted by atomic mass is 35.5. The van der Waals surface area contributed by atoms with Gasteiger partial charge >= 0.3 is 0 Å². The van der Waals surface area contributed by atoms with E-state index in [-0.39, 0.29) is 11.7 Å². The fraction of sp³-hybridized carbons (Fsp3) is 0.455. The number of benzene rings is 1. The van der Waals surface area contributed by atoms with Crippen molar-refractivity contribution >= 4 is 23.0 Å². The molecule has 1 N–H and O–H groups in total. The average Bonchev–Trinajstić information content (AvgIpc) is 2.28. The molecule has 0 aliphatic carbocycles. The smallest absolute Gasteiger partial charge is 0.271 e. The molecule has 1 atom stereocenters. The summed E-state index contributed by atoms with van der Waals surface area (Å²) in [5.74, 6) is 0. The second-order valence-electron chi connectivity index (χ2n) is 3.75. The summed E-state index contributed by atoms with van der Waals surface area (Å²) in [5.41, 5.74) is 0.686. The van der Waals surface area contributed by atoms with Gasteiger partial charge in [0, 0.05) is 31.9 Å². The number of non-ortho nitro benzene ring substituents is 1. The number of nitrogens with one attached hydrogen (secondary N) is 1. The molecule has 0 spiro atoms. The zero-order chi connectivity index (χ0) is 12.8. The number of nitrogens with zero attached hydrogens (tertiary/aromatic N) is 1. The van der Waals surface area contributed by atoms with Crippen LogP contribution in [-0.4, -0.2) is 24.7 Å². The highest BCUT2D eigenvalue weighted by Crippen LogP contribution is 2.27. The third-order valence-corrected chi connectivity index (χ3v) is 2.63. The molecular formula is C11H15ClN2O3. The molecular weight excluding hydrogens is 244 g/mol. The van der Waals surface area contributed by atoms with Crippen molar-refractivity contribution in [1.29, 1.82) is 0 Å². The Kier molecular flexibility index (Phi) is 5.18. The molecule has 1 aromatic rings. The minimum Gasteiger partial charge on any atom is -0.385 e. The van der Waals surface area contributed by atoms with Crippen LogP contribution in [0.25, 0.3) is 0 Å². The maximum atomic E-state index is 10.5. The molecule has 5 nitrogen and oxygen atoms in total. The summed E-state index contributed by atoms with van der Waals surface area (Å²) in [6, 6.07) is 4.57. The molecule has 1 rings (SSSR count). The first-order valence-corrected chi connectivity index (χ1v) is 5.61. The number of nitro groups is 1. The fourth-order valence-corrected chi connectivity index (χ4v) is 1.60. The molecule has 1 aromatic carbocycles. The topological polar surface area (TPSA) is 64.4 Å². The van der Waals surface area contributed by atoms with Crippen LogP contribution in [0.1, 0.15) is 13.3 Å². The van der Waals surface area contributed by atoms with Crippen LogP contribution in [0.4, 0.5) is 11.4 Å². The van der Waals surface area contributed by atoms with E-state index in [4.69, 9.17) is 16.3 Å². The van der Waals surface area contributed by atoms with Gasteiger partial charge in [0.05, 0.1) is 15.6 Å². The minimum atomic E-state index is -0.468. The van der Waals surface area contributed by atoms with Crippen LogP contribution in [0.2, 0.25) is 5.02 Å². The van der Waals surface area contributed by atoms with Crippen molar-refractivity contribution in [2.75, 3.05) is 19.0 Å². The number of hydrogen-bond acceptors (Lipinski definition) is 4. The lowest BCUT2D eigenvalue weighted by Gasteiger charge is -2.15. The first-order chi connectivity index (χ1) is 8.04. The predicted octanol–water partition coefficient (Wildman–Crippen LogP) is 3.09. The van der Waals surface area contributed by atoms with Gasteiger partial charge in [-0.1, -0.05) is 11.6 Å². The van der Waals surface area contributed by atoms with Gasteiger partial charge in [0.1, 0.15) is 0 Å². The zero-order valence-electron chi connectivity index (χ0n) is 9.77. The summed E-state index contributed by atoms with van der Waals surface area (Å²) in [4.78, 5) is 10.1. The van der Waals surface area contributed by atoms with Gasteiger partial charge in [-0.05, 0) is 19.4 Å². The second kappa shape index (κ2) is 6.42. The number of ether oxygens (including phenoxy) is 1. The van der Waals surface area contributed by atoms with E-state index in [1.54, 1.807) is 13.2 Å². The van der Waals surface area contributed by atoms with Crippen LogP contribution in [-0.2, 0) is 4.74 Å². The number of nitro benzene ring substituents is 1. The molecule has 0 heterocycles. The normalized spacial score (nSPS) is 12.2. The van der Waals surface area contributed by atoms with Crippen molar-refractivity contribution in [3.8, 4) is 0 Å². The van der Waals surface area contributed by atoms with E-state index < -0.39 is 4.92 Å². The van der Waals surface area contributed by atoms with Gasteiger partial charge in [0.15, 0.2) is 0 Å². The van der Waals surface area contributed by atoms with Crippen molar-refractivity contribution in [1.82, 2.24) is 0 Å². The van der Waals surface area contributed by atoms with Crippen LogP contribution in [0.15, 0.2) is 18.2 Å². The van der Waals surface area contributed by atoms with Gasteiger partial charge < -0.3 is 10.1 Å². The summed E-state index contributed by atoms with van der Waals surface area (Å²) in [7, 11) is 1.64. The van der Waals surface area contributed by atoms with Crippen LogP contribution in [0.3, 0.4) is 0 Å². The molecule has 6 heteroatoms. The fourth-order valence-electron chi connectivity index (χ4n) is 1.37. The first kappa shape index (κ1) is 13.7. The van der Waals surface area contributed by atoms with Crippen molar-refractivity contribution in [3.05, 3.63) is 33.3 Å². The first-order valence-electron chi connectivity index (χ1n) is 5.24. The van der Waals surface area contributed by atoms with E-state index in [9.17, 15) is 10.1 Å². The number of anilines is 1. The van der Waals surface area contributed by atoms with Gasteiger partial charge in [-0.15, -0.1) is 0 Å². The lowest BCUT2D eigenvalue weighted by atomic mass is 10.2. The Morgan fingerprint density at radius 2 is 2.29 bits per heavy atom.